The first-order valence-electron chi connectivity index (χ1n) is 7.63. The highest BCUT2D eigenvalue weighted by molar-refractivity contribution is 7.99. The topological polar surface area (TPSA) is 34.0 Å². The molecule has 4 nitrogen and oxygen atoms in total. The molecular formula is C16H22N4S. The SMILES string of the molecule is CN1CCCCC1CCSc1nncn1-c1ccccc1. The van der Waals surface area contributed by atoms with Gasteiger partial charge in [0, 0.05) is 17.5 Å². The summed E-state index contributed by atoms with van der Waals surface area (Å²) in [5.41, 5.74) is 1.12. The van der Waals surface area contributed by atoms with Gasteiger partial charge < -0.3 is 4.90 Å². The number of para-hydroxylation sites is 1. The number of likely N-dealkylation sites (tertiary alicyclic amines) is 1. The maximum absolute atomic E-state index is 4.26. The van der Waals surface area contributed by atoms with Crippen LogP contribution in [0.3, 0.4) is 0 Å². The van der Waals surface area contributed by atoms with Crippen LogP contribution in [0.2, 0.25) is 0 Å². The number of benzene rings is 1. The molecule has 0 radical (unpaired) electrons. The van der Waals surface area contributed by atoms with Crippen LogP contribution in [-0.2, 0) is 0 Å². The van der Waals surface area contributed by atoms with E-state index in [0.29, 0.717) is 0 Å². The Labute approximate surface area is 130 Å². The molecule has 0 saturated carbocycles. The zero-order valence-corrected chi connectivity index (χ0v) is 13.3. The lowest BCUT2D eigenvalue weighted by Crippen LogP contribution is -2.36. The van der Waals surface area contributed by atoms with E-state index >= 15 is 0 Å². The standard InChI is InChI=1S/C16H22N4S/c1-19-11-6-5-7-14(19)10-12-21-16-18-17-13-20(16)15-8-3-2-4-9-15/h2-4,8-9,13-14H,5-7,10-12H2,1H3. The van der Waals surface area contributed by atoms with Gasteiger partial charge in [-0.3, -0.25) is 4.57 Å². The fourth-order valence-electron chi connectivity index (χ4n) is 2.88. The zero-order chi connectivity index (χ0) is 14.5. The fraction of sp³-hybridized carbons (Fsp3) is 0.500. The normalized spacial score (nSPS) is 19.8. The molecule has 112 valence electrons. The minimum absolute atomic E-state index is 0.736. The number of piperidine rings is 1. The maximum atomic E-state index is 4.26. The van der Waals surface area contributed by atoms with E-state index in [-0.39, 0.29) is 0 Å². The summed E-state index contributed by atoms with van der Waals surface area (Å²) in [6.45, 7) is 1.25. The molecule has 1 unspecified atom stereocenters. The molecule has 1 aromatic carbocycles. The van der Waals surface area contributed by atoms with Gasteiger partial charge in [0.2, 0.25) is 0 Å². The molecule has 1 aliphatic rings. The second kappa shape index (κ2) is 7.09. The molecule has 0 bridgehead atoms. The molecule has 21 heavy (non-hydrogen) atoms. The summed E-state index contributed by atoms with van der Waals surface area (Å²) < 4.78 is 2.06. The molecule has 1 saturated heterocycles. The van der Waals surface area contributed by atoms with Gasteiger partial charge in [0.15, 0.2) is 5.16 Å². The van der Waals surface area contributed by atoms with Gasteiger partial charge in [-0.25, -0.2) is 0 Å². The molecule has 2 heterocycles. The van der Waals surface area contributed by atoms with Crippen molar-refractivity contribution in [2.75, 3.05) is 19.3 Å². The number of rotatable bonds is 5. The number of hydrogen-bond acceptors (Lipinski definition) is 4. The molecule has 1 fully saturated rings. The lowest BCUT2D eigenvalue weighted by Gasteiger charge is -2.32. The third-order valence-electron chi connectivity index (χ3n) is 4.15. The summed E-state index contributed by atoms with van der Waals surface area (Å²) in [5.74, 6) is 1.10. The van der Waals surface area contributed by atoms with Crippen molar-refractivity contribution in [3.05, 3.63) is 36.7 Å². The van der Waals surface area contributed by atoms with Crippen LogP contribution in [0.4, 0.5) is 0 Å². The summed E-state index contributed by atoms with van der Waals surface area (Å²) in [7, 11) is 2.25. The van der Waals surface area contributed by atoms with Gasteiger partial charge in [0.25, 0.3) is 0 Å². The van der Waals surface area contributed by atoms with Gasteiger partial charge in [0.05, 0.1) is 0 Å². The number of thioether (sulfide) groups is 1. The van der Waals surface area contributed by atoms with E-state index in [1.807, 2.05) is 18.2 Å². The van der Waals surface area contributed by atoms with Crippen molar-refractivity contribution in [2.45, 2.75) is 36.9 Å². The van der Waals surface area contributed by atoms with Gasteiger partial charge in [-0.2, -0.15) is 0 Å². The van der Waals surface area contributed by atoms with Crippen LogP contribution in [0.5, 0.6) is 0 Å². The van der Waals surface area contributed by atoms with E-state index in [4.69, 9.17) is 0 Å². The Morgan fingerprint density at radius 3 is 2.90 bits per heavy atom. The molecule has 1 aromatic heterocycles. The van der Waals surface area contributed by atoms with Crippen LogP contribution in [0.1, 0.15) is 25.7 Å². The smallest absolute Gasteiger partial charge is 0.195 e. The van der Waals surface area contributed by atoms with Crippen molar-refractivity contribution in [3.63, 3.8) is 0 Å². The molecular weight excluding hydrogens is 280 g/mol. The van der Waals surface area contributed by atoms with E-state index in [0.717, 1.165) is 22.6 Å². The molecule has 5 heteroatoms. The third kappa shape index (κ3) is 3.66. The van der Waals surface area contributed by atoms with E-state index in [9.17, 15) is 0 Å². The van der Waals surface area contributed by atoms with Crippen LogP contribution in [0.25, 0.3) is 5.69 Å². The molecule has 0 N–H and O–H groups in total. The van der Waals surface area contributed by atoms with E-state index in [2.05, 4.69) is 38.8 Å². The average Bonchev–Trinajstić information content (AvgIpc) is 2.99. The van der Waals surface area contributed by atoms with Gasteiger partial charge in [0.1, 0.15) is 6.33 Å². The van der Waals surface area contributed by atoms with Gasteiger partial charge >= 0.3 is 0 Å². The number of hydrogen-bond donors (Lipinski definition) is 0. The average molecular weight is 302 g/mol. The van der Waals surface area contributed by atoms with Crippen molar-refractivity contribution in [2.24, 2.45) is 0 Å². The first-order chi connectivity index (χ1) is 10.3. The molecule has 1 atom stereocenters. The predicted octanol–water partition coefficient (Wildman–Crippen LogP) is 3.23. The molecule has 0 spiro atoms. The van der Waals surface area contributed by atoms with Gasteiger partial charge in [-0.15, -0.1) is 10.2 Å². The number of aromatic nitrogens is 3. The highest BCUT2D eigenvalue weighted by Crippen LogP contribution is 2.24. The summed E-state index contributed by atoms with van der Waals surface area (Å²) in [6.07, 6.45) is 7.08. The quantitative estimate of drug-likeness (QED) is 0.794. The minimum atomic E-state index is 0.736. The van der Waals surface area contributed by atoms with E-state index in [1.54, 1.807) is 18.1 Å². The summed E-state index contributed by atoms with van der Waals surface area (Å²) >= 11 is 1.81. The second-order valence-corrected chi connectivity index (χ2v) is 6.65. The van der Waals surface area contributed by atoms with E-state index < -0.39 is 0 Å². The first kappa shape index (κ1) is 14.6. The summed E-state index contributed by atoms with van der Waals surface area (Å²) in [6, 6.07) is 11.0. The van der Waals surface area contributed by atoms with Crippen molar-refractivity contribution < 1.29 is 0 Å². The lowest BCUT2D eigenvalue weighted by molar-refractivity contribution is 0.182. The number of nitrogens with zero attached hydrogens (tertiary/aromatic N) is 4. The van der Waals surface area contributed by atoms with Crippen LogP contribution in [0.15, 0.2) is 41.8 Å². The zero-order valence-electron chi connectivity index (χ0n) is 12.5. The Kier molecular flexibility index (Phi) is 4.93. The maximum Gasteiger partial charge on any atom is 0.195 e. The molecule has 0 aliphatic carbocycles. The Balaban J connectivity index is 1.58. The largest absolute Gasteiger partial charge is 0.303 e. The Morgan fingerprint density at radius 2 is 2.10 bits per heavy atom. The molecule has 3 rings (SSSR count). The Hall–Kier alpha value is -1.33. The third-order valence-corrected chi connectivity index (χ3v) is 5.13. The minimum Gasteiger partial charge on any atom is -0.303 e. The van der Waals surface area contributed by atoms with E-state index in [1.165, 1.54) is 32.2 Å². The molecule has 0 amide bonds. The van der Waals surface area contributed by atoms with Gasteiger partial charge in [-0.1, -0.05) is 36.4 Å². The van der Waals surface area contributed by atoms with Crippen molar-refractivity contribution >= 4 is 11.8 Å². The fourth-order valence-corrected chi connectivity index (χ4v) is 3.85. The molecule has 2 aromatic rings. The van der Waals surface area contributed by atoms with Crippen LogP contribution >= 0.6 is 11.8 Å². The lowest BCUT2D eigenvalue weighted by atomic mass is 10.0. The summed E-state index contributed by atoms with van der Waals surface area (Å²) in [5, 5.41) is 9.30. The highest BCUT2D eigenvalue weighted by atomic mass is 32.2. The first-order valence-corrected chi connectivity index (χ1v) is 8.61. The van der Waals surface area contributed by atoms with Crippen LogP contribution in [-0.4, -0.2) is 45.1 Å². The molecule has 1 aliphatic heterocycles. The Bertz CT molecular complexity index is 554. The predicted molar refractivity (Wildman–Crippen MR) is 87.0 cm³/mol. The van der Waals surface area contributed by atoms with Crippen molar-refractivity contribution in [1.29, 1.82) is 0 Å². The Morgan fingerprint density at radius 1 is 1.24 bits per heavy atom. The second-order valence-electron chi connectivity index (χ2n) is 5.59. The van der Waals surface area contributed by atoms with Crippen LogP contribution < -0.4 is 0 Å². The van der Waals surface area contributed by atoms with Crippen molar-refractivity contribution in [3.8, 4) is 5.69 Å². The van der Waals surface area contributed by atoms with Crippen molar-refractivity contribution in [1.82, 2.24) is 19.7 Å². The van der Waals surface area contributed by atoms with Crippen LogP contribution in [0, 0.1) is 0 Å². The highest BCUT2D eigenvalue weighted by Gasteiger charge is 2.18. The monoisotopic (exact) mass is 302 g/mol. The summed E-state index contributed by atoms with van der Waals surface area (Å²) in [4.78, 5) is 2.51. The van der Waals surface area contributed by atoms with Gasteiger partial charge in [-0.05, 0) is 45.0 Å².